The van der Waals surface area contributed by atoms with E-state index in [4.69, 9.17) is 15.9 Å². The van der Waals surface area contributed by atoms with Crippen LogP contribution in [0.3, 0.4) is 0 Å². The second-order valence-corrected chi connectivity index (χ2v) is 5.71. The summed E-state index contributed by atoms with van der Waals surface area (Å²) in [6.07, 6.45) is 0. The number of hydrogen-bond donors (Lipinski definition) is 4. The molecule has 0 aromatic heterocycles. The molecule has 5 N–H and O–H groups in total. The molecule has 0 fully saturated rings. The van der Waals surface area contributed by atoms with E-state index in [9.17, 15) is 14.2 Å². The van der Waals surface area contributed by atoms with Gasteiger partial charge in [-0.1, -0.05) is 0 Å². The van der Waals surface area contributed by atoms with Crippen molar-refractivity contribution in [3.05, 3.63) is 0 Å². The molecule has 0 saturated carbocycles. The van der Waals surface area contributed by atoms with E-state index in [-0.39, 0.29) is 11.5 Å². The number of carboxylic acid groups (broad SMARTS) is 2. The van der Waals surface area contributed by atoms with Crippen LogP contribution in [-0.2, 0) is 14.2 Å². The first kappa shape index (κ1) is 16.6. The van der Waals surface area contributed by atoms with Gasteiger partial charge in [-0.25, -0.2) is 0 Å². The third-order valence-corrected chi connectivity index (χ3v) is 4.13. The van der Waals surface area contributed by atoms with Crippen molar-refractivity contribution in [2.75, 3.05) is 11.5 Å². The molecule has 0 heterocycles. The molecule has 0 saturated heterocycles. The maximum absolute atomic E-state index is 10.7. The Morgan fingerprint density at radius 3 is 2.35 bits per heavy atom. The Bertz CT molecular complexity index is 373. The van der Waals surface area contributed by atoms with Gasteiger partial charge in [0.2, 0.25) is 0 Å². The number of nitrogens with two attached hydrogens (primary N) is 1. The van der Waals surface area contributed by atoms with Gasteiger partial charge in [-0.15, -0.1) is 0 Å². The Hall–Kier alpha value is -0.430. The molecule has 17 heavy (non-hydrogen) atoms. The topological polar surface area (TPSA) is 130 Å². The van der Waals surface area contributed by atoms with Crippen LogP contribution in [0.4, 0.5) is 0 Å². The summed E-state index contributed by atoms with van der Waals surface area (Å²) in [7, 11) is 1.92. The Labute approximate surface area is 106 Å². The molecule has 0 aliphatic carbocycles. The monoisotopic (exact) mass is 298 g/mol. The molecule has 96 valence electrons. The minimum atomic E-state index is -1.10. The summed E-state index contributed by atoms with van der Waals surface area (Å²) in [6, 6.07) is -1.89. The predicted octanol–water partition coefficient (Wildman–Crippen LogP) is 0.0309. The quantitative estimate of drug-likeness (QED) is 0.212. The Morgan fingerprint density at radius 1 is 1.29 bits per heavy atom. The molecular weight excluding hydrogens is 287 g/mol. The second kappa shape index (κ2) is 9.58. The van der Waals surface area contributed by atoms with Crippen molar-refractivity contribution in [3.8, 4) is 5.75 Å². The molecule has 0 aliphatic heterocycles. The molecule has 0 aromatic carbocycles. The third kappa shape index (κ3) is 8.31. The normalized spacial score (nSPS) is 13.5. The molecule has 2 atom stereocenters. The van der Waals surface area contributed by atoms with Crippen LogP contribution < -0.4 is 11.1 Å². The summed E-state index contributed by atoms with van der Waals surface area (Å²) in [5.74, 6) is 0.298. The summed E-state index contributed by atoms with van der Waals surface area (Å²) in [4.78, 5) is 21.1. The SMILES string of the molecule is N[C@@H](CSSC[C@H](NC#P=O)C(=O)O)C(=O)O. The zero-order chi connectivity index (χ0) is 13.3. The van der Waals surface area contributed by atoms with E-state index in [1.807, 2.05) is 0 Å². The van der Waals surface area contributed by atoms with Crippen molar-refractivity contribution >= 4 is 41.4 Å². The Morgan fingerprint density at radius 2 is 1.88 bits per heavy atom. The molecule has 7 nitrogen and oxygen atoms in total. The molecule has 0 unspecified atom stereocenters. The first-order valence-electron chi connectivity index (χ1n) is 4.27. The van der Waals surface area contributed by atoms with Gasteiger partial charge in [-0.05, 0) is 0 Å². The van der Waals surface area contributed by atoms with Gasteiger partial charge < -0.3 is 0 Å². The fourth-order valence-corrected chi connectivity index (χ4v) is 3.07. The van der Waals surface area contributed by atoms with Crippen LogP contribution in [0.25, 0.3) is 0 Å². The first-order valence-corrected chi connectivity index (χ1v) is 7.57. The summed E-state index contributed by atoms with van der Waals surface area (Å²) >= 11 is 0. The number of rotatable bonds is 8. The van der Waals surface area contributed by atoms with Crippen LogP contribution in [0.15, 0.2) is 0 Å². The minimum absolute atomic E-state index is 0.175. The maximum atomic E-state index is 10.7. The van der Waals surface area contributed by atoms with Crippen molar-refractivity contribution in [2.45, 2.75) is 12.1 Å². The predicted molar refractivity (Wildman–Crippen MR) is 66.6 cm³/mol. The Kier molecular flexibility index (Phi) is 9.34. The molecule has 0 rings (SSSR count). The van der Waals surface area contributed by atoms with E-state index in [2.05, 4.69) is 11.1 Å². The van der Waals surface area contributed by atoms with Gasteiger partial charge in [0, 0.05) is 0 Å². The van der Waals surface area contributed by atoms with Crippen LogP contribution in [0.2, 0.25) is 0 Å². The second-order valence-electron chi connectivity index (χ2n) is 2.75. The fraction of sp³-hybridized carbons (Fsp3) is 0.571. The van der Waals surface area contributed by atoms with Crippen LogP contribution >= 0.6 is 29.5 Å². The summed E-state index contributed by atoms with van der Waals surface area (Å²) < 4.78 is 10.1. The van der Waals surface area contributed by atoms with Gasteiger partial charge in [0.1, 0.15) is 0 Å². The summed E-state index contributed by atoms with van der Waals surface area (Å²) in [5.41, 5.74) is 5.25. The Balaban J connectivity index is 3.89. The van der Waals surface area contributed by atoms with E-state index in [0.29, 0.717) is 0 Å². The number of carbonyl (C=O) groups is 2. The first-order chi connectivity index (χ1) is 7.99. The van der Waals surface area contributed by atoms with E-state index < -0.39 is 31.9 Å². The van der Waals surface area contributed by atoms with Crippen molar-refractivity contribution in [1.29, 1.82) is 0 Å². The number of hydrogen-bond acceptors (Lipinski definition) is 7. The van der Waals surface area contributed by atoms with Crippen molar-refractivity contribution in [3.63, 3.8) is 0 Å². The van der Waals surface area contributed by atoms with Gasteiger partial charge >= 0.3 is 106 Å². The number of aliphatic carboxylic acids is 2. The standard InChI is InChI=1S/C7H11N2O5PS2/c8-4(6(10)11)1-16-17-2-5(7(12)13)9-3-15-14/h4-5,9H,1-2,8H2,(H,10,11)(H,12,13)/t4-,5-/m0/s1. The van der Waals surface area contributed by atoms with Crippen LogP contribution in [0.1, 0.15) is 0 Å². The zero-order valence-electron chi connectivity index (χ0n) is 8.53. The van der Waals surface area contributed by atoms with E-state index >= 15 is 0 Å². The van der Waals surface area contributed by atoms with E-state index in [0.717, 1.165) is 0 Å². The van der Waals surface area contributed by atoms with Gasteiger partial charge in [-0.2, -0.15) is 0 Å². The molecular formula is C7H11N2O5PS2. The van der Waals surface area contributed by atoms with Crippen LogP contribution in [0, 0.1) is 5.75 Å². The van der Waals surface area contributed by atoms with Crippen molar-refractivity contribution in [1.82, 2.24) is 5.32 Å². The van der Waals surface area contributed by atoms with Crippen molar-refractivity contribution < 1.29 is 24.4 Å². The molecule has 0 aromatic rings. The average molecular weight is 298 g/mol. The summed E-state index contributed by atoms with van der Waals surface area (Å²) in [5, 5.41) is 19.6. The number of nitrogens with one attached hydrogen (secondary N) is 1. The van der Waals surface area contributed by atoms with Gasteiger partial charge in [0.15, 0.2) is 0 Å². The van der Waals surface area contributed by atoms with Gasteiger partial charge in [-0.3, -0.25) is 0 Å². The molecule has 0 amide bonds. The van der Waals surface area contributed by atoms with E-state index in [1.54, 1.807) is 0 Å². The molecule has 0 bridgehead atoms. The molecule has 0 aliphatic rings. The molecule has 10 heteroatoms. The van der Waals surface area contributed by atoms with Gasteiger partial charge in [0.05, 0.1) is 0 Å². The summed E-state index contributed by atoms with van der Waals surface area (Å²) in [6.45, 7) is 0. The van der Waals surface area contributed by atoms with Crippen LogP contribution in [0.5, 0.6) is 0 Å². The fourth-order valence-electron chi connectivity index (χ4n) is 0.588. The molecule has 0 spiro atoms. The van der Waals surface area contributed by atoms with Crippen LogP contribution in [-0.4, -0.2) is 45.7 Å². The zero-order valence-corrected chi connectivity index (χ0v) is 11.1. The van der Waals surface area contributed by atoms with E-state index in [1.165, 1.54) is 21.6 Å². The van der Waals surface area contributed by atoms with Gasteiger partial charge in [0.25, 0.3) is 0 Å². The third-order valence-electron chi connectivity index (χ3n) is 1.47. The number of carboxylic acids is 2. The average Bonchev–Trinajstić information content (AvgIpc) is 2.27. The molecule has 0 radical (unpaired) electrons. The van der Waals surface area contributed by atoms with Crippen molar-refractivity contribution in [2.24, 2.45) is 5.73 Å².